The lowest BCUT2D eigenvalue weighted by Gasteiger charge is -2.34. The van der Waals surface area contributed by atoms with Crippen LogP contribution < -0.4 is 10.2 Å². The summed E-state index contributed by atoms with van der Waals surface area (Å²) in [5.41, 5.74) is 1.68. The second kappa shape index (κ2) is 9.64. The van der Waals surface area contributed by atoms with Gasteiger partial charge in [-0.25, -0.2) is 9.37 Å². The highest BCUT2D eigenvalue weighted by Crippen LogP contribution is 2.35. The first-order chi connectivity index (χ1) is 16.1. The van der Waals surface area contributed by atoms with Crippen molar-refractivity contribution in [3.05, 3.63) is 30.1 Å². The van der Waals surface area contributed by atoms with Gasteiger partial charge in [0.2, 0.25) is 16.0 Å². The first-order valence-electron chi connectivity index (χ1n) is 11.6. The molecule has 3 heterocycles. The molecule has 33 heavy (non-hydrogen) atoms. The van der Waals surface area contributed by atoms with Gasteiger partial charge in [0, 0.05) is 44.4 Å². The van der Waals surface area contributed by atoms with E-state index in [0.717, 1.165) is 53.1 Å². The fourth-order valence-electron chi connectivity index (χ4n) is 4.50. The summed E-state index contributed by atoms with van der Waals surface area (Å²) < 4.78 is 20.6. The number of imidazole rings is 1. The molecule has 2 fully saturated rings. The zero-order valence-corrected chi connectivity index (χ0v) is 19.6. The highest BCUT2D eigenvalue weighted by molar-refractivity contribution is 7.20. The van der Waals surface area contributed by atoms with Crippen molar-refractivity contribution in [2.75, 3.05) is 49.6 Å². The van der Waals surface area contributed by atoms with E-state index in [1.54, 1.807) is 23.5 Å². The summed E-state index contributed by atoms with van der Waals surface area (Å²) in [6, 6.07) is 6.86. The number of fused-ring (bicyclic) bond motifs is 1. The fourth-order valence-corrected chi connectivity index (χ4v) is 5.45. The number of ether oxygens (including phenoxy) is 1. The molecule has 2 aliphatic rings. The molecule has 1 N–H and O–H groups in total. The summed E-state index contributed by atoms with van der Waals surface area (Å²) in [6.45, 7) is 5.34. The summed E-state index contributed by atoms with van der Waals surface area (Å²) >= 11 is 1.54. The van der Waals surface area contributed by atoms with Crippen molar-refractivity contribution in [2.24, 2.45) is 0 Å². The average Bonchev–Trinajstić information content (AvgIpc) is 3.56. The Labute approximate surface area is 196 Å². The molecule has 0 spiro atoms. The van der Waals surface area contributed by atoms with Gasteiger partial charge in [0.15, 0.2) is 5.82 Å². The highest BCUT2D eigenvalue weighted by Gasteiger charge is 2.26. The summed E-state index contributed by atoms with van der Waals surface area (Å²) in [7, 11) is 0. The first-order valence-corrected chi connectivity index (χ1v) is 12.5. The Bertz CT molecular complexity index is 1100. The minimum atomic E-state index is -0.260. The number of halogens is 1. The smallest absolute Gasteiger partial charge is 0.248 e. The third kappa shape index (κ3) is 4.67. The van der Waals surface area contributed by atoms with E-state index in [4.69, 9.17) is 14.8 Å². The summed E-state index contributed by atoms with van der Waals surface area (Å²) in [6.07, 6.45) is 4.70. The molecular formula is C23H29FN6O2S. The van der Waals surface area contributed by atoms with Gasteiger partial charge in [0.05, 0.1) is 0 Å². The third-order valence-electron chi connectivity index (χ3n) is 6.34. The van der Waals surface area contributed by atoms with E-state index in [1.807, 2.05) is 16.3 Å². The number of benzene rings is 1. The normalized spacial score (nSPS) is 17.3. The largest absolute Gasteiger partial charge is 0.372 e. The predicted molar refractivity (Wildman–Crippen MR) is 127 cm³/mol. The van der Waals surface area contributed by atoms with Gasteiger partial charge in [0.1, 0.15) is 18.1 Å². The van der Waals surface area contributed by atoms with Crippen LogP contribution in [0.25, 0.3) is 16.2 Å². The van der Waals surface area contributed by atoms with Crippen molar-refractivity contribution >= 4 is 33.2 Å². The van der Waals surface area contributed by atoms with Gasteiger partial charge >= 0.3 is 0 Å². The van der Waals surface area contributed by atoms with Crippen LogP contribution >= 0.6 is 11.3 Å². The van der Waals surface area contributed by atoms with Crippen LogP contribution in [0.1, 0.15) is 32.6 Å². The Kier molecular flexibility index (Phi) is 6.45. The SMILES string of the molecule is CCOCC(=O)N1CCN(c2nn3c(NC4CCCC4)c(-c4ccc(F)cc4)nc3s2)CC1. The van der Waals surface area contributed by atoms with Crippen molar-refractivity contribution in [1.29, 1.82) is 0 Å². The van der Waals surface area contributed by atoms with Gasteiger partial charge < -0.3 is 19.9 Å². The van der Waals surface area contributed by atoms with E-state index in [1.165, 1.54) is 25.0 Å². The first kappa shape index (κ1) is 22.1. The van der Waals surface area contributed by atoms with Crippen LogP contribution in [0.3, 0.4) is 0 Å². The average molecular weight is 473 g/mol. The lowest BCUT2D eigenvalue weighted by molar-refractivity contribution is -0.136. The van der Waals surface area contributed by atoms with Gasteiger partial charge in [0.25, 0.3) is 0 Å². The zero-order chi connectivity index (χ0) is 22.8. The summed E-state index contributed by atoms with van der Waals surface area (Å²) in [5.74, 6) is 0.651. The molecule has 0 unspecified atom stereocenters. The summed E-state index contributed by atoms with van der Waals surface area (Å²) in [4.78, 5) is 22.0. The predicted octanol–water partition coefficient (Wildman–Crippen LogP) is 3.64. The Morgan fingerprint density at radius 2 is 1.91 bits per heavy atom. The molecule has 1 aromatic carbocycles. The number of anilines is 2. The number of nitrogens with one attached hydrogen (secondary N) is 1. The number of amides is 1. The van der Waals surface area contributed by atoms with Crippen LogP contribution in [0.2, 0.25) is 0 Å². The van der Waals surface area contributed by atoms with Crippen LogP contribution in [0.15, 0.2) is 24.3 Å². The molecule has 1 saturated heterocycles. The Morgan fingerprint density at radius 1 is 1.18 bits per heavy atom. The van der Waals surface area contributed by atoms with Crippen molar-refractivity contribution in [3.63, 3.8) is 0 Å². The van der Waals surface area contributed by atoms with Crippen molar-refractivity contribution in [1.82, 2.24) is 19.5 Å². The van der Waals surface area contributed by atoms with E-state index < -0.39 is 0 Å². The number of nitrogens with zero attached hydrogens (tertiary/aromatic N) is 5. The number of piperazine rings is 1. The minimum Gasteiger partial charge on any atom is -0.372 e. The number of carbonyl (C=O) groups is 1. The number of rotatable bonds is 7. The minimum absolute atomic E-state index is 0.0393. The standard InChI is InChI=1S/C23H29FN6O2S/c1-2-32-15-19(31)28-11-13-29(14-12-28)23-27-30-21(25-18-5-3-4-6-18)20(26-22(30)33-23)16-7-9-17(24)10-8-16/h7-10,18,25H,2-6,11-15H2,1H3. The van der Waals surface area contributed by atoms with E-state index in [-0.39, 0.29) is 18.3 Å². The molecule has 1 amide bonds. The van der Waals surface area contributed by atoms with E-state index in [0.29, 0.717) is 25.7 Å². The maximum absolute atomic E-state index is 13.5. The molecule has 1 aliphatic heterocycles. The maximum Gasteiger partial charge on any atom is 0.248 e. The second-order valence-corrected chi connectivity index (χ2v) is 9.46. The van der Waals surface area contributed by atoms with Crippen LogP contribution in [0, 0.1) is 5.82 Å². The molecular weight excluding hydrogens is 443 g/mol. The lowest BCUT2D eigenvalue weighted by atomic mass is 10.1. The van der Waals surface area contributed by atoms with E-state index >= 15 is 0 Å². The van der Waals surface area contributed by atoms with Crippen molar-refractivity contribution in [3.8, 4) is 11.3 Å². The quantitative estimate of drug-likeness (QED) is 0.566. The Balaban J connectivity index is 1.38. The molecule has 3 aromatic rings. The topological polar surface area (TPSA) is 75.0 Å². The molecule has 0 bridgehead atoms. The molecule has 8 nitrogen and oxygen atoms in total. The van der Waals surface area contributed by atoms with Crippen molar-refractivity contribution < 1.29 is 13.9 Å². The maximum atomic E-state index is 13.5. The molecule has 5 rings (SSSR count). The molecule has 1 aliphatic carbocycles. The third-order valence-corrected chi connectivity index (χ3v) is 7.31. The summed E-state index contributed by atoms with van der Waals surface area (Å²) in [5, 5.41) is 9.46. The van der Waals surface area contributed by atoms with Crippen molar-refractivity contribution in [2.45, 2.75) is 38.6 Å². The molecule has 176 valence electrons. The van der Waals surface area contributed by atoms with Crippen LogP contribution in [0.5, 0.6) is 0 Å². The monoisotopic (exact) mass is 472 g/mol. The number of aromatic nitrogens is 3. The van der Waals surface area contributed by atoms with Gasteiger partial charge in [-0.05, 0) is 44.0 Å². The molecule has 1 saturated carbocycles. The van der Waals surface area contributed by atoms with E-state index in [9.17, 15) is 9.18 Å². The lowest BCUT2D eigenvalue weighted by Crippen LogP contribution is -2.49. The second-order valence-electron chi connectivity index (χ2n) is 8.53. The zero-order valence-electron chi connectivity index (χ0n) is 18.8. The Hall–Kier alpha value is -2.72. The van der Waals surface area contributed by atoms with Gasteiger partial charge in [-0.2, -0.15) is 4.52 Å². The van der Waals surface area contributed by atoms with Gasteiger partial charge in [-0.1, -0.05) is 24.2 Å². The Morgan fingerprint density at radius 3 is 2.61 bits per heavy atom. The van der Waals surface area contributed by atoms with Crippen LogP contribution in [-0.2, 0) is 9.53 Å². The number of hydrogen-bond donors (Lipinski definition) is 1. The molecule has 0 atom stereocenters. The molecule has 2 aromatic heterocycles. The van der Waals surface area contributed by atoms with Gasteiger partial charge in [-0.15, -0.1) is 5.10 Å². The van der Waals surface area contributed by atoms with Crippen LogP contribution in [0.4, 0.5) is 15.3 Å². The van der Waals surface area contributed by atoms with Crippen LogP contribution in [-0.4, -0.2) is 70.8 Å². The van der Waals surface area contributed by atoms with Gasteiger partial charge in [-0.3, -0.25) is 4.79 Å². The molecule has 10 heteroatoms. The fraction of sp³-hybridized carbons (Fsp3) is 0.522. The highest BCUT2D eigenvalue weighted by atomic mass is 32.1. The number of hydrogen-bond acceptors (Lipinski definition) is 7. The van der Waals surface area contributed by atoms with E-state index in [2.05, 4.69) is 10.2 Å². The molecule has 0 radical (unpaired) electrons. The number of carbonyl (C=O) groups excluding carboxylic acids is 1.